The van der Waals surface area contributed by atoms with Crippen LogP contribution in [0.4, 0.5) is 0 Å². The number of nitrogens with zero attached hydrogens (tertiary/aromatic N) is 2. The van der Waals surface area contributed by atoms with Crippen molar-refractivity contribution in [1.82, 2.24) is 4.90 Å². The molecule has 0 unspecified atom stereocenters. The Bertz CT molecular complexity index is 108. The molecule has 0 atom stereocenters. The molecule has 6 heteroatoms. The lowest BCUT2D eigenvalue weighted by molar-refractivity contribution is 0.159. The van der Waals surface area contributed by atoms with Crippen LogP contribution in [0.5, 0.6) is 0 Å². The Balaban J connectivity index is 0. The molecular weight excluding hydrogens is 188 g/mol. The molecule has 0 amide bonds. The number of hydrogen-bond acceptors (Lipinski definition) is 5. The smallest absolute Gasteiger partial charge is 0.152 e. The van der Waals surface area contributed by atoms with E-state index in [0.717, 1.165) is 19.4 Å². The monoisotopic (exact) mass is 208 g/mol. The van der Waals surface area contributed by atoms with E-state index in [9.17, 15) is 0 Å². The maximum absolute atomic E-state index is 8.64. The highest BCUT2D eigenvalue weighted by Gasteiger charge is 2.00. The van der Waals surface area contributed by atoms with Crippen molar-refractivity contribution in [2.45, 2.75) is 19.8 Å². The average molecular weight is 208 g/mol. The molecule has 0 saturated carbocycles. The summed E-state index contributed by atoms with van der Waals surface area (Å²) in [4.78, 5) is 10.2. The van der Waals surface area contributed by atoms with Crippen LogP contribution in [0.25, 0.3) is 0 Å². The molecule has 0 heterocycles. The minimum absolute atomic E-state index is 0.184. The highest BCUT2D eigenvalue weighted by Crippen LogP contribution is 1.93. The van der Waals surface area contributed by atoms with Gasteiger partial charge in [0.15, 0.2) is 5.34 Å². The first-order chi connectivity index (χ1) is 6.76. The molecule has 0 aromatic rings. The van der Waals surface area contributed by atoms with Gasteiger partial charge in [0.25, 0.3) is 0 Å². The minimum atomic E-state index is 0.184. The fourth-order valence-corrected chi connectivity index (χ4v) is 1.000. The summed E-state index contributed by atoms with van der Waals surface area (Å²) in [6.45, 7) is 4.85. The summed E-state index contributed by atoms with van der Waals surface area (Å²) in [6, 6.07) is 0. The van der Waals surface area contributed by atoms with E-state index in [1.165, 1.54) is 5.34 Å². The van der Waals surface area contributed by atoms with Gasteiger partial charge in [0.05, 0.1) is 13.2 Å². The summed E-state index contributed by atoms with van der Waals surface area (Å²) in [5.74, 6) is 0. The lowest BCUT2D eigenvalue weighted by Crippen LogP contribution is -2.30. The molecule has 0 bridgehead atoms. The summed E-state index contributed by atoms with van der Waals surface area (Å²) >= 11 is 0. The van der Waals surface area contributed by atoms with Gasteiger partial charge >= 0.3 is 0 Å². The number of unbranched alkanes of at least 4 members (excludes halogenated alkanes) is 1. The molecule has 3 N–H and O–H groups in total. The molecule has 0 rings (SSSR count). The van der Waals surface area contributed by atoms with E-state index in [-0.39, 0.29) is 13.2 Å². The van der Waals surface area contributed by atoms with Crippen molar-refractivity contribution in [3.8, 4) is 0 Å². The van der Waals surface area contributed by atoms with Gasteiger partial charge in [0.1, 0.15) is 0 Å². The fourth-order valence-electron chi connectivity index (χ4n) is 1.000. The quantitative estimate of drug-likeness (QED) is 0.411. The average Bonchev–Trinajstić information content (AvgIpc) is 2.16. The molecule has 0 aromatic carbocycles. The maximum atomic E-state index is 8.64. The van der Waals surface area contributed by atoms with Crippen LogP contribution in [0.2, 0.25) is 0 Å². The van der Waals surface area contributed by atoms with E-state index < -0.39 is 0 Å². The van der Waals surface area contributed by atoms with Crippen LogP contribution in [0.1, 0.15) is 19.8 Å². The molecule has 0 aliphatic heterocycles. The third-order valence-electron chi connectivity index (χ3n) is 1.66. The summed E-state index contributed by atoms with van der Waals surface area (Å²) < 4.78 is 0. The van der Waals surface area contributed by atoms with Crippen LogP contribution in [-0.2, 0) is 0 Å². The van der Waals surface area contributed by atoms with Crippen molar-refractivity contribution in [1.29, 1.82) is 0 Å². The van der Waals surface area contributed by atoms with Crippen molar-refractivity contribution >= 4 is 0 Å². The highest BCUT2D eigenvalue weighted by atomic mass is 16.6. The maximum Gasteiger partial charge on any atom is 0.152 e. The minimum Gasteiger partial charge on any atom is -0.395 e. The molecule has 0 aliphatic carbocycles. The van der Waals surface area contributed by atoms with Crippen molar-refractivity contribution in [3.05, 3.63) is 4.91 Å². The zero-order chi connectivity index (χ0) is 11.2. The normalized spacial score (nSPS) is 9.43. The van der Waals surface area contributed by atoms with Crippen LogP contribution in [-0.4, -0.2) is 53.2 Å². The van der Waals surface area contributed by atoms with Crippen molar-refractivity contribution in [2.24, 2.45) is 5.34 Å². The first-order valence-corrected chi connectivity index (χ1v) is 4.67. The van der Waals surface area contributed by atoms with Gasteiger partial charge in [-0.2, -0.15) is 0 Å². The Hall–Kier alpha value is -0.720. The lowest BCUT2D eigenvalue weighted by atomic mass is 10.3. The van der Waals surface area contributed by atoms with E-state index in [2.05, 4.69) is 11.8 Å². The van der Waals surface area contributed by atoms with Crippen LogP contribution in [0.3, 0.4) is 0 Å². The molecule has 0 aromatic heterocycles. The molecule has 0 saturated heterocycles. The first-order valence-electron chi connectivity index (χ1n) is 4.67. The summed E-state index contributed by atoms with van der Waals surface area (Å²) in [5, 5.41) is 25.2. The van der Waals surface area contributed by atoms with Gasteiger partial charge in [-0.1, -0.05) is 13.3 Å². The predicted octanol–water partition coefficient (Wildman–Crippen LogP) is 0.215. The second-order valence-corrected chi connectivity index (χ2v) is 2.72. The van der Waals surface area contributed by atoms with Crippen LogP contribution in [0, 0.1) is 4.91 Å². The summed E-state index contributed by atoms with van der Waals surface area (Å²) in [6.07, 6.45) is 2.30. The van der Waals surface area contributed by atoms with E-state index in [1.54, 1.807) is 0 Å². The topological polar surface area (TPSA) is 93.4 Å². The van der Waals surface area contributed by atoms with Gasteiger partial charge in [-0.25, -0.2) is 0 Å². The second-order valence-electron chi connectivity index (χ2n) is 2.72. The van der Waals surface area contributed by atoms with Crippen molar-refractivity contribution in [2.75, 3.05) is 32.8 Å². The molecule has 0 aliphatic rings. The van der Waals surface area contributed by atoms with Gasteiger partial charge < -0.3 is 15.4 Å². The Morgan fingerprint density at radius 1 is 1.14 bits per heavy atom. The van der Waals surface area contributed by atoms with E-state index in [4.69, 9.17) is 20.3 Å². The Kier molecular flexibility index (Phi) is 16.6. The molecule has 0 radical (unpaired) electrons. The molecule has 86 valence electrons. The summed E-state index contributed by atoms with van der Waals surface area (Å²) in [5.41, 5.74) is 0. The van der Waals surface area contributed by atoms with Crippen LogP contribution < -0.4 is 0 Å². The van der Waals surface area contributed by atoms with Gasteiger partial charge in [-0.05, 0) is 13.0 Å². The predicted molar refractivity (Wildman–Crippen MR) is 53.1 cm³/mol. The van der Waals surface area contributed by atoms with Gasteiger partial charge in [-0.15, -0.1) is 4.91 Å². The standard InChI is InChI=1S/C8H19NO2.HNO2/c1-2-3-4-9(5-7-10)6-8-11;2-1-3/h10-11H,2-8H2,1H3;(H,2,3). The molecule has 0 fully saturated rings. The van der Waals surface area contributed by atoms with E-state index in [0.29, 0.717) is 13.1 Å². The fraction of sp³-hybridized carbons (Fsp3) is 1.00. The van der Waals surface area contributed by atoms with E-state index in [1.807, 2.05) is 0 Å². The van der Waals surface area contributed by atoms with Crippen LogP contribution >= 0.6 is 0 Å². The van der Waals surface area contributed by atoms with Crippen LogP contribution in [0.15, 0.2) is 5.34 Å². The first kappa shape index (κ1) is 15.7. The number of rotatable bonds is 7. The lowest BCUT2D eigenvalue weighted by Gasteiger charge is -2.19. The second kappa shape index (κ2) is 14.8. The van der Waals surface area contributed by atoms with Gasteiger partial charge in [0.2, 0.25) is 0 Å². The Morgan fingerprint density at radius 3 is 1.86 bits per heavy atom. The zero-order valence-corrected chi connectivity index (χ0v) is 8.59. The Morgan fingerprint density at radius 2 is 1.57 bits per heavy atom. The largest absolute Gasteiger partial charge is 0.395 e. The molecule has 0 spiro atoms. The third kappa shape index (κ3) is 13.8. The SMILES string of the molecule is CCCCN(CCO)CCO.O=NO. The molecular formula is C8H20N2O4. The molecule has 14 heavy (non-hydrogen) atoms. The van der Waals surface area contributed by atoms with Crippen molar-refractivity contribution < 1.29 is 15.4 Å². The number of hydrogen-bond donors (Lipinski definition) is 3. The highest BCUT2D eigenvalue weighted by molar-refractivity contribution is 4.55. The van der Waals surface area contributed by atoms with Crippen molar-refractivity contribution in [3.63, 3.8) is 0 Å². The van der Waals surface area contributed by atoms with Gasteiger partial charge in [0, 0.05) is 13.1 Å². The summed E-state index contributed by atoms with van der Waals surface area (Å²) in [7, 11) is 0. The number of aliphatic hydroxyl groups is 2. The Labute approximate surface area is 84.1 Å². The number of aliphatic hydroxyl groups excluding tert-OH is 2. The third-order valence-corrected chi connectivity index (χ3v) is 1.66. The van der Waals surface area contributed by atoms with Gasteiger partial charge in [-0.3, -0.25) is 4.90 Å². The van der Waals surface area contributed by atoms with E-state index >= 15 is 0 Å². The molecule has 6 nitrogen and oxygen atoms in total. The zero-order valence-electron chi connectivity index (χ0n) is 8.59.